The van der Waals surface area contributed by atoms with Gasteiger partial charge in [-0.05, 0) is 37.0 Å². The lowest BCUT2D eigenvalue weighted by Crippen LogP contribution is -2.38. The fourth-order valence-electron chi connectivity index (χ4n) is 2.84. The number of nitrogens with zero attached hydrogens (tertiary/aromatic N) is 4. The van der Waals surface area contributed by atoms with Crippen LogP contribution in [0, 0.1) is 5.92 Å². The first-order valence-corrected chi connectivity index (χ1v) is 9.00. The quantitative estimate of drug-likeness (QED) is 0.888. The summed E-state index contributed by atoms with van der Waals surface area (Å²) >= 11 is 0. The minimum atomic E-state index is -3.31. The van der Waals surface area contributed by atoms with E-state index in [9.17, 15) is 8.42 Å². The van der Waals surface area contributed by atoms with Crippen molar-refractivity contribution in [3.05, 3.63) is 36.2 Å². The minimum Gasteiger partial charge on any atom is -0.276 e. The predicted molar refractivity (Wildman–Crippen MR) is 87.8 cm³/mol. The molecule has 3 heterocycles. The lowest BCUT2D eigenvalue weighted by Gasteiger charge is -2.20. The lowest BCUT2D eigenvalue weighted by molar-refractivity contribution is 0.409. The number of pyridine rings is 1. The second-order valence-electron chi connectivity index (χ2n) is 5.99. The van der Waals surface area contributed by atoms with Crippen LogP contribution in [0.15, 0.2) is 30.5 Å². The maximum atomic E-state index is 12.2. The Hall–Kier alpha value is -1.77. The zero-order chi connectivity index (χ0) is 16.4. The van der Waals surface area contributed by atoms with Gasteiger partial charge in [-0.2, -0.15) is 22.1 Å². The Kier molecular flexibility index (Phi) is 4.47. The van der Waals surface area contributed by atoms with Gasteiger partial charge in [0, 0.05) is 39.1 Å². The third-order valence-electron chi connectivity index (χ3n) is 4.12. The highest BCUT2D eigenvalue weighted by molar-refractivity contribution is 7.86. The lowest BCUT2D eigenvalue weighted by atomic mass is 10.0. The van der Waals surface area contributed by atoms with E-state index in [-0.39, 0.29) is 0 Å². The molecule has 1 fully saturated rings. The van der Waals surface area contributed by atoms with E-state index in [1.165, 1.54) is 4.31 Å². The fourth-order valence-corrected chi connectivity index (χ4v) is 4.04. The van der Waals surface area contributed by atoms with Crippen LogP contribution in [0.5, 0.6) is 0 Å². The number of nitrogens with one attached hydrogen (secondary N) is 1. The molecule has 124 valence electrons. The van der Waals surface area contributed by atoms with Gasteiger partial charge in [0.15, 0.2) is 0 Å². The van der Waals surface area contributed by atoms with E-state index >= 15 is 0 Å². The standard InChI is InChI=1S/C15H21N5O2S/c1-19(2)23(21,22)20-9-7-12(11-20)10-13-4-3-5-14(17-13)15-6-8-16-18-15/h3-6,8,12H,7,9-11H2,1-2H3,(H,16,18). The first-order valence-electron chi connectivity index (χ1n) is 7.60. The van der Waals surface area contributed by atoms with Gasteiger partial charge in [0.1, 0.15) is 0 Å². The van der Waals surface area contributed by atoms with Gasteiger partial charge in [0.05, 0.1) is 11.4 Å². The highest BCUT2D eigenvalue weighted by atomic mass is 32.2. The molecule has 1 aliphatic heterocycles. The van der Waals surface area contributed by atoms with Gasteiger partial charge in [-0.1, -0.05) is 6.07 Å². The largest absolute Gasteiger partial charge is 0.281 e. The van der Waals surface area contributed by atoms with Gasteiger partial charge in [0.25, 0.3) is 10.2 Å². The van der Waals surface area contributed by atoms with E-state index in [0.717, 1.165) is 29.9 Å². The molecule has 3 rings (SSSR count). The summed E-state index contributed by atoms with van der Waals surface area (Å²) in [5, 5.41) is 6.85. The van der Waals surface area contributed by atoms with Crippen molar-refractivity contribution in [2.75, 3.05) is 27.2 Å². The van der Waals surface area contributed by atoms with Gasteiger partial charge in [0.2, 0.25) is 0 Å². The Morgan fingerprint density at radius 1 is 1.35 bits per heavy atom. The van der Waals surface area contributed by atoms with Crippen LogP contribution >= 0.6 is 0 Å². The molecule has 7 nitrogen and oxygen atoms in total. The second-order valence-corrected chi connectivity index (χ2v) is 8.13. The van der Waals surface area contributed by atoms with Crippen LogP contribution in [0.3, 0.4) is 0 Å². The molecule has 0 spiro atoms. The Bertz CT molecular complexity index is 758. The summed E-state index contributed by atoms with van der Waals surface area (Å²) in [6.07, 6.45) is 3.34. The highest BCUT2D eigenvalue weighted by Crippen LogP contribution is 2.24. The summed E-state index contributed by atoms with van der Waals surface area (Å²) in [7, 11) is -0.177. The van der Waals surface area contributed by atoms with Crippen LogP contribution in [0.1, 0.15) is 12.1 Å². The van der Waals surface area contributed by atoms with Crippen LogP contribution in [0.25, 0.3) is 11.4 Å². The van der Waals surface area contributed by atoms with E-state index in [0.29, 0.717) is 19.0 Å². The Labute approximate surface area is 136 Å². The normalized spacial score (nSPS) is 19.5. The number of aromatic amines is 1. The third kappa shape index (κ3) is 3.44. The molecule has 23 heavy (non-hydrogen) atoms. The minimum absolute atomic E-state index is 0.300. The molecule has 1 N–H and O–H groups in total. The van der Waals surface area contributed by atoms with Crippen LogP contribution in [-0.4, -0.2) is 59.4 Å². The van der Waals surface area contributed by atoms with E-state index in [4.69, 9.17) is 0 Å². The Morgan fingerprint density at radius 3 is 2.87 bits per heavy atom. The number of hydrogen-bond donors (Lipinski definition) is 1. The molecule has 1 saturated heterocycles. The van der Waals surface area contributed by atoms with Gasteiger partial charge < -0.3 is 0 Å². The van der Waals surface area contributed by atoms with Crippen molar-refractivity contribution in [1.82, 2.24) is 23.8 Å². The van der Waals surface area contributed by atoms with Crippen molar-refractivity contribution in [1.29, 1.82) is 0 Å². The zero-order valence-corrected chi connectivity index (χ0v) is 14.1. The third-order valence-corrected chi connectivity index (χ3v) is 6.02. The van der Waals surface area contributed by atoms with Crippen molar-refractivity contribution < 1.29 is 8.42 Å². The first-order chi connectivity index (χ1) is 11.0. The molecular weight excluding hydrogens is 314 g/mol. The molecule has 0 aliphatic carbocycles. The predicted octanol–water partition coefficient (Wildman–Crippen LogP) is 1.14. The summed E-state index contributed by atoms with van der Waals surface area (Å²) < 4.78 is 27.2. The molecule has 1 atom stereocenters. The van der Waals surface area contributed by atoms with Crippen LogP contribution in [0.4, 0.5) is 0 Å². The molecule has 0 aromatic carbocycles. The first kappa shape index (κ1) is 16.1. The number of H-pyrrole nitrogens is 1. The van der Waals surface area contributed by atoms with Crippen LogP contribution < -0.4 is 0 Å². The average Bonchev–Trinajstić information content (AvgIpc) is 3.19. The second kappa shape index (κ2) is 6.38. The van der Waals surface area contributed by atoms with Crippen molar-refractivity contribution in [3.63, 3.8) is 0 Å². The molecular formula is C15H21N5O2S. The van der Waals surface area contributed by atoms with Crippen molar-refractivity contribution >= 4 is 10.2 Å². The molecule has 1 unspecified atom stereocenters. The van der Waals surface area contributed by atoms with Crippen LogP contribution in [0.2, 0.25) is 0 Å². The molecule has 2 aromatic heterocycles. The average molecular weight is 335 g/mol. The highest BCUT2D eigenvalue weighted by Gasteiger charge is 2.32. The van der Waals surface area contributed by atoms with E-state index in [2.05, 4.69) is 15.2 Å². The monoisotopic (exact) mass is 335 g/mol. The van der Waals surface area contributed by atoms with Gasteiger partial charge >= 0.3 is 0 Å². The van der Waals surface area contributed by atoms with Gasteiger partial charge in [-0.3, -0.25) is 10.1 Å². The molecule has 0 amide bonds. The van der Waals surface area contributed by atoms with E-state index in [1.54, 1.807) is 24.6 Å². The summed E-state index contributed by atoms with van der Waals surface area (Å²) in [5.74, 6) is 0.300. The fraction of sp³-hybridized carbons (Fsp3) is 0.467. The van der Waals surface area contributed by atoms with E-state index in [1.807, 2.05) is 24.3 Å². The summed E-state index contributed by atoms with van der Waals surface area (Å²) in [6.45, 7) is 1.13. The molecule has 0 bridgehead atoms. The topological polar surface area (TPSA) is 82.2 Å². The van der Waals surface area contributed by atoms with Gasteiger partial charge in [-0.25, -0.2) is 0 Å². The maximum Gasteiger partial charge on any atom is 0.281 e. The number of hydrogen-bond acceptors (Lipinski definition) is 4. The summed E-state index contributed by atoms with van der Waals surface area (Å²) in [5.41, 5.74) is 2.72. The smallest absolute Gasteiger partial charge is 0.276 e. The SMILES string of the molecule is CN(C)S(=O)(=O)N1CCC(Cc2cccc(-c3ccn[nH]3)n2)C1. The molecule has 0 radical (unpaired) electrons. The number of aromatic nitrogens is 3. The van der Waals surface area contributed by atoms with Gasteiger partial charge in [-0.15, -0.1) is 0 Å². The summed E-state index contributed by atoms with van der Waals surface area (Å²) in [6, 6.07) is 7.78. The number of rotatable bonds is 5. The van der Waals surface area contributed by atoms with Crippen molar-refractivity contribution in [2.24, 2.45) is 5.92 Å². The Balaban J connectivity index is 1.68. The Morgan fingerprint density at radius 2 is 2.17 bits per heavy atom. The molecule has 1 aliphatic rings. The van der Waals surface area contributed by atoms with E-state index < -0.39 is 10.2 Å². The molecule has 2 aromatic rings. The van der Waals surface area contributed by atoms with Crippen LogP contribution in [-0.2, 0) is 16.6 Å². The van der Waals surface area contributed by atoms with Crippen molar-refractivity contribution in [2.45, 2.75) is 12.8 Å². The van der Waals surface area contributed by atoms with Crippen molar-refractivity contribution in [3.8, 4) is 11.4 Å². The molecule has 8 heteroatoms. The zero-order valence-electron chi connectivity index (χ0n) is 13.3. The molecule has 0 saturated carbocycles. The maximum absolute atomic E-state index is 12.2. The summed E-state index contributed by atoms with van der Waals surface area (Å²) in [4.78, 5) is 4.65.